The number of carbonyl (C=O) groups excluding carboxylic acids is 1. The monoisotopic (exact) mass is 335 g/mol. The standard InChI is InChI=1S/C18H17N5O2/c1-11-3-2-4-13(9-11)21-17-15(16(19)25)10-20-18(23-17)22-12-5-7-14(24)8-6-12/h2-10,24H,1H3,(H2,19,25)(H2,20,21,22,23). The summed E-state index contributed by atoms with van der Waals surface area (Å²) < 4.78 is 0. The van der Waals surface area contributed by atoms with Crippen LogP contribution in [-0.4, -0.2) is 21.0 Å². The van der Waals surface area contributed by atoms with Crippen molar-refractivity contribution in [3.8, 4) is 5.75 Å². The van der Waals surface area contributed by atoms with E-state index in [1.165, 1.54) is 6.20 Å². The van der Waals surface area contributed by atoms with Crippen LogP contribution in [-0.2, 0) is 0 Å². The maximum atomic E-state index is 11.6. The van der Waals surface area contributed by atoms with Crippen LogP contribution in [0.4, 0.5) is 23.1 Å². The molecule has 0 bridgehead atoms. The number of carbonyl (C=O) groups is 1. The number of primary amides is 1. The Morgan fingerprint density at radius 3 is 2.52 bits per heavy atom. The van der Waals surface area contributed by atoms with Gasteiger partial charge in [-0.3, -0.25) is 4.79 Å². The number of hydrogen-bond donors (Lipinski definition) is 4. The number of phenols is 1. The van der Waals surface area contributed by atoms with Gasteiger partial charge in [-0.25, -0.2) is 4.98 Å². The van der Waals surface area contributed by atoms with Gasteiger partial charge in [-0.1, -0.05) is 12.1 Å². The Morgan fingerprint density at radius 2 is 1.84 bits per heavy atom. The molecule has 0 saturated heterocycles. The first-order chi connectivity index (χ1) is 12.0. The topological polar surface area (TPSA) is 113 Å². The summed E-state index contributed by atoms with van der Waals surface area (Å²) in [7, 11) is 0. The molecule has 0 fully saturated rings. The van der Waals surface area contributed by atoms with Crippen LogP contribution in [0, 0.1) is 6.92 Å². The lowest BCUT2D eigenvalue weighted by atomic mass is 10.2. The van der Waals surface area contributed by atoms with Crippen molar-refractivity contribution in [1.82, 2.24) is 9.97 Å². The van der Waals surface area contributed by atoms with Crippen LogP contribution in [0.1, 0.15) is 15.9 Å². The van der Waals surface area contributed by atoms with Gasteiger partial charge >= 0.3 is 0 Å². The number of nitrogens with zero attached hydrogens (tertiary/aromatic N) is 2. The van der Waals surface area contributed by atoms with E-state index >= 15 is 0 Å². The molecule has 7 heteroatoms. The van der Waals surface area contributed by atoms with Gasteiger partial charge in [-0.05, 0) is 48.9 Å². The zero-order valence-electron chi connectivity index (χ0n) is 13.5. The van der Waals surface area contributed by atoms with Crippen LogP contribution in [0.3, 0.4) is 0 Å². The van der Waals surface area contributed by atoms with Crippen molar-refractivity contribution in [3.05, 3.63) is 65.9 Å². The molecule has 7 nitrogen and oxygen atoms in total. The number of nitrogens with one attached hydrogen (secondary N) is 2. The predicted octanol–water partition coefficient (Wildman–Crippen LogP) is 3.08. The van der Waals surface area contributed by atoms with Crippen molar-refractivity contribution in [2.24, 2.45) is 5.73 Å². The number of anilines is 4. The van der Waals surface area contributed by atoms with E-state index in [9.17, 15) is 9.90 Å². The van der Waals surface area contributed by atoms with E-state index in [1.807, 2.05) is 31.2 Å². The van der Waals surface area contributed by atoms with Crippen molar-refractivity contribution < 1.29 is 9.90 Å². The molecule has 0 radical (unpaired) electrons. The Hall–Kier alpha value is -3.61. The third-order valence-corrected chi connectivity index (χ3v) is 3.46. The molecule has 1 heterocycles. The molecule has 0 spiro atoms. The predicted molar refractivity (Wildman–Crippen MR) is 96.4 cm³/mol. The fourth-order valence-corrected chi connectivity index (χ4v) is 2.25. The molecular formula is C18H17N5O2. The summed E-state index contributed by atoms with van der Waals surface area (Å²) in [5, 5.41) is 15.4. The molecule has 0 unspecified atom stereocenters. The van der Waals surface area contributed by atoms with Gasteiger partial charge in [-0.15, -0.1) is 0 Å². The Bertz CT molecular complexity index is 910. The number of amides is 1. The van der Waals surface area contributed by atoms with E-state index in [1.54, 1.807) is 24.3 Å². The number of aromatic nitrogens is 2. The SMILES string of the molecule is Cc1cccc(Nc2nc(Nc3ccc(O)cc3)ncc2C(N)=O)c1. The van der Waals surface area contributed by atoms with Crippen LogP contribution in [0.2, 0.25) is 0 Å². The number of hydrogen-bond acceptors (Lipinski definition) is 6. The number of benzene rings is 2. The highest BCUT2D eigenvalue weighted by molar-refractivity contribution is 5.98. The molecule has 0 saturated carbocycles. The minimum absolute atomic E-state index is 0.164. The maximum Gasteiger partial charge on any atom is 0.254 e. The van der Waals surface area contributed by atoms with Gasteiger partial charge in [0.1, 0.15) is 17.1 Å². The fourth-order valence-electron chi connectivity index (χ4n) is 2.25. The van der Waals surface area contributed by atoms with E-state index in [4.69, 9.17) is 5.73 Å². The highest BCUT2D eigenvalue weighted by Crippen LogP contribution is 2.22. The summed E-state index contributed by atoms with van der Waals surface area (Å²) in [6, 6.07) is 14.1. The van der Waals surface area contributed by atoms with Gasteiger partial charge in [0, 0.05) is 17.6 Å². The van der Waals surface area contributed by atoms with Crippen molar-refractivity contribution in [2.75, 3.05) is 10.6 Å². The molecule has 0 aliphatic carbocycles. The first-order valence-electron chi connectivity index (χ1n) is 7.58. The number of aromatic hydroxyl groups is 1. The number of rotatable bonds is 5. The first kappa shape index (κ1) is 16.3. The second-order valence-electron chi connectivity index (χ2n) is 5.49. The van der Waals surface area contributed by atoms with Gasteiger partial charge in [0.15, 0.2) is 0 Å². The lowest BCUT2D eigenvalue weighted by molar-refractivity contribution is 0.100. The summed E-state index contributed by atoms with van der Waals surface area (Å²) >= 11 is 0. The minimum Gasteiger partial charge on any atom is -0.508 e. The van der Waals surface area contributed by atoms with Crippen molar-refractivity contribution in [3.63, 3.8) is 0 Å². The smallest absolute Gasteiger partial charge is 0.254 e. The Kier molecular flexibility index (Phi) is 4.47. The number of phenolic OH excluding ortho intramolecular Hbond substituents is 1. The van der Waals surface area contributed by atoms with Crippen LogP contribution in [0.15, 0.2) is 54.7 Å². The van der Waals surface area contributed by atoms with E-state index < -0.39 is 5.91 Å². The van der Waals surface area contributed by atoms with Gasteiger partial charge in [0.05, 0.1) is 0 Å². The second-order valence-corrected chi connectivity index (χ2v) is 5.49. The minimum atomic E-state index is -0.619. The molecule has 1 aromatic heterocycles. The van der Waals surface area contributed by atoms with Gasteiger partial charge in [0.2, 0.25) is 5.95 Å². The lowest BCUT2D eigenvalue weighted by Gasteiger charge is -2.12. The van der Waals surface area contributed by atoms with E-state index in [2.05, 4.69) is 20.6 Å². The summed E-state index contributed by atoms with van der Waals surface area (Å²) in [4.78, 5) is 20.1. The molecule has 25 heavy (non-hydrogen) atoms. The van der Waals surface area contributed by atoms with E-state index in [0.29, 0.717) is 17.5 Å². The van der Waals surface area contributed by atoms with Crippen LogP contribution < -0.4 is 16.4 Å². The maximum absolute atomic E-state index is 11.6. The summed E-state index contributed by atoms with van der Waals surface area (Å²) in [6.45, 7) is 1.97. The molecule has 5 N–H and O–H groups in total. The lowest BCUT2D eigenvalue weighted by Crippen LogP contribution is -2.15. The molecular weight excluding hydrogens is 318 g/mol. The molecule has 0 aliphatic rings. The van der Waals surface area contributed by atoms with Crippen LogP contribution >= 0.6 is 0 Å². The van der Waals surface area contributed by atoms with Gasteiger partial charge < -0.3 is 21.5 Å². The zero-order chi connectivity index (χ0) is 17.8. The van der Waals surface area contributed by atoms with Crippen LogP contribution in [0.25, 0.3) is 0 Å². The van der Waals surface area contributed by atoms with Crippen molar-refractivity contribution in [2.45, 2.75) is 6.92 Å². The molecule has 3 rings (SSSR count). The summed E-state index contributed by atoms with van der Waals surface area (Å²) in [5.74, 6) is 0.156. The Labute approximate surface area is 144 Å². The van der Waals surface area contributed by atoms with Gasteiger partial charge in [0.25, 0.3) is 5.91 Å². The van der Waals surface area contributed by atoms with E-state index in [0.717, 1.165) is 11.3 Å². The normalized spacial score (nSPS) is 10.3. The fraction of sp³-hybridized carbons (Fsp3) is 0.0556. The first-order valence-corrected chi connectivity index (χ1v) is 7.58. The molecule has 126 valence electrons. The van der Waals surface area contributed by atoms with Crippen molar-refractivity contribution >= 4 is 29.0 Å². The zero-order valence-corrected chi connectivity index (χ0v) is 13.5. The van der Waals surface area contributed by atoms with E-state index in [-0.39, 0.29) is 11.3 Å². The van der Waals surface area contributed by atoms with Crippen LogP contribution in [0.5, 0.6) is 5.75 Å². The molecule has 2 aromatic carbocycles. The Balaban J connectivity index is 1.91. The molecule has 3 aromatic rings. The molecule has 0 aliphatic heterocycles. The number of aryl methyl sites for hydroxylation is 1. The molecule has 1 amide bonds. The average Bonchev–Trinajstić information content (AvgIpc) is 2.57. The third kappa shape index (κ3) is 4.03. The largest absolute Gasteiger partial charge is 0.508 e. The quantitative estimate of drug-likeness (QED) is 0.533. The highest BCUT2D eigenvalue weighted by Gasteiger charge is 2.13. The summed E-state index contributed by atoms with van der Waals surface area (Å²) in [5.41, 5.74) is 8.16. The highest BCUT2D eigenvalue weighted by atomic mass is 16.3. The molecule has 0 atom stereocenters. The third-order valence-electron chi connectivity index (χ3n) is 3.46. The van der Waals surface area contributed by atoms with Crippen molar-refractivity contribution in [1.29, 1.82) is 0 Å². The number of nitrogens with two attached hydrogens (primary N) is 1. The second kappa shape index (κ2) is 6.88. The summed E-state index contributed by atoms with van der Waals surface area (Å²) in [6.07, 6.45) is 1.37. The Morgan fingerprint density at radius 1 is 1.08 bits per heavy atom. The average molecular weight is 335 g/mol. The van der Waals surface area contributed by atoms with Gasteiger partial charge in [-0.2, -0.15) is 4.98 Å².